The van der Waals surface area contributed by atoms with Gasteiger partial charge in [-0.15, -0.1) is 0 Å². The van der Waals surface area contributed by atoms with Crippen molar-refractivity contribution in [2.24, 2.45) is 5.92 Å². The van der Waals surface area contributed by atoms with E-state index in [0.717, 1.165) is 16.8 Å². The van der Waals surface area contributed by atoms with Crippen molar-refractivity contribution < 1.29 is 17.9 Å². The molecule has 6 nitrogen and oxygen atoms in total. The average Bonchev–Trinajstić information content (AvgIpc) is 2.62. The number of anilines is 1. The van der Waals surface area contributed by atoms with Gasteiger partial charge in [0.25, 0.3) is 5.91 Å². The number of hydrogen-bond donors (Lipinski definition) is 2. The van der Waals surface area contributed by atoms with Crippen LogP contribution in [0.25, 0.3) is 0 Å². The van der Waals surface area contributed by atoms with Gasteiger partial charge in [0.05, 0.1) is 4.90 Å². The lowest BCUT2D eigenvalue weighted by Crippen LogP contribution is -2.27. The first-order valence-electron chi connectivity index (χ1n) is 8.77. The number of ether oxygens (including phenoxy) is 1. The highest BCUT2D eigenvalue weighted by atomic mass is 32.2. The van der Waals surface area contributed by atoms with Gasteiger partial charge < -0.3 is 10.1 Å². The molecular weight excluding hydrogens is 364 g/mol. The Labute approximate surface area is 161 Å². The molecule has 146 valence electrons. The lowest BCUT2D eigenvalue weighted by Gasteiger charge is -2.11. The quantitative estimate of drug-likeness (QED) is 0.725. The molecule has 0 fully saturated rings. The lowest BCUT2D eigenvalue weighted by atomic mass is 10.1. The van der Waals surface area contributed by atoms with Crippen LogP contribution in [0.1, 0.15) is 25.0 Å². The van der Waals surface area contributed by atoms with Crippen LogP contribution in [0.3, 0.4) is 0 Å². The summed E-state index contributed by atoms with van der Waals surface area (Å²) in [4.78, 5) is 12.2. The van der Waals surface area contributed by atoms with Crippen molar-refractivity contribution in [2.75, 3.05) is 18.5 Å². The van der Waals surface area contributed by atoms with Gasteiger partial charge in [0, 0.05) is 12.2 Å². The molecule has 0 aliphatic carbocycles. The fourth-order valence-electron chi connectivity index (χ4n) is 2.28. The first-order valence-corrected chi connectivity index (χ1v) is 10.3. The molecule has 2 N–H and O–H groups in total. The van der Waals surface area contributed by atoms with Gasteiger partial charge in [-0.05, 0) is 61.2 Å². The van der Waals surface area contributed by atoms with Crippen LogP contribution in [-0.2, 0) is 14.8 Å². The molecule has 2 aromatic rings. The van der Waals surface area contributed by atoms with Crippen LogP contribution in [0.15, 0.2) is 47.4 Å². The Bertz CT molecular complexity index is 891. The Kier molecular flexibility index (Phi) is 6.98. The van der Waals surface area contributed by atoms with Crippen molar-refractivity contribution in [3.8, 4) is 5.75 Å². The van der Waals surface area contributed by atoms with E-state index in [1.807, 2.05) is 45.9 Å². The van der Waals surface area contributed by atoms with E-state index in [-0.39, 0.29) is 23.3 Å². The number of rotatable bonds is 8. The molecule has 0 aliphatic rings. The SMILES string of the molecule is Cc1ccc(C)c(NC(=O)COc2ccc(S(=O)(=O)NCC(C)C)cc2)c1. The number of carbonyl (C=O) groups is 1. The molecule has 0 saturated carbocycles. The maximum absolute atomic E-state index is 12.2. The molecular formula is C20H26N2O4S. The van der Waals surface area contributed by atoms with Gasteiger partial charge in [0.15, 0.2) is 6.61 Å². The number of nitrogens with one attached hydrogen (secondary N) is 2. The number of hydrogen-bond acceptors (Lipinski definition) is 4. The van der Waals surface area contributed by atoms with Crippen molar-refractivity contribution in [2.45, 2.75) is 32.6 Å². The van der Waals surface area contributed by atoms with E-state index >= 15 is 0 Å². The third-order valence-electron chi connectivity index (χ3n) is 3.85. The molecule has 1 amide bonds. The Balaban J connectivity index is 1.93. The maximum atomic E-state index is 12.2. The van der Waals surface area contributed by atoms with Crippen LogP contribution in [0.5, 0.6) is 5.75 Å². The second-order valence-corrected chi connectivity index (χ2v) is 8.64. The maximum Gasteiger partial charge on any atom is 0.262 e. The Morgan fingerprint density at radius 3 is 2.37 bits per heavy atom. The summed E-state index contributed by atoms with van der Waals surface area (Å²) in [5.41, 5.74) is 2.78. The molecule has 27 heavy (non-hydrogen) atoms. The third kappa shape index (κ3) is 6.37. The monoisotopic (exact) mass is 390 g/mol. The molecule has 0 bridgehead atoms. The highest BCUT2D eigenvalue weighted by Crippen LogP contribution is 2.18. The lowest BCUT2D eigenvalue weighted by molar-refractivity contribution is -0.118. The smallest absolute Gasteiger partial charge is 0.262 e. The zero-order valence-electron chi connectivity index (χ0n) is 16.1. The van der Waals surface area contributed by atoms with Gasteiger partial charge in [-0.2, -0.15) is 0 Å². The predicted molar refractivity (Wildman–Crippen MR) is 107 cm³/mol. The van der Waals surface area contributed by atoms with Gasteiger partial charge in [0.1, 0.15) is 5.75 Å². The van der Waals surface area contributed by atoms with E-state index in [1.165, 1.54) is 24.3 Å². The number of carbonyl (C=O) groups excluding carboxylic acids is 1. The normalized spacial score (nSPS) is 11.4. The van der Waals surface area contributed by atoms with E-state index < -0.39 is 10.0 Å². The summed E-state index contributed by atoms with van der Waals surface area (Å²) in [6.07, 6.45) is 0. The molecule has 0 aliphatic heterocycles. The molecule has 7 heteroatoms. The molecule has 0 atom stereocenters. The first-order chi connectivity index (χ1) is 12.7. The van der Waals surface area contributed by atoms with Crippen LogP contribution in [0.2, 0.25) is 0 Å². The summed E-state index contributed by atoms with van der Waals surface area (Å²) in [6, 6.07) is 11.8. The topological polar surface area (TPSA) is 84.5 Å². The van der Waals surface area contributed by atoms with Crippen molar-refractivity contribution in [3.63, 3.8) is 0 Å². The highest BCUT2D eigenvalue weighted by molar-refractivity contribution is 7.89. The molecule has 0 radical (unpaired) electrons. The van der Waals surface area contributed by atoms with E-state index in [2.05, 4.69) is 10.0 Å². The van der Waals surface area contributed by atoms with Crippen molar-refractivity contribution in [3.05, 3.63) is 53.6 Å². The largest absolute Gasteiger partial charge is 0.484 e. The number of benzene rings is 2. The summed E-state index contributed by atoms with van der Waals surface area (Å²) >= 11 is 0. The van der Waals surface area contributed by atoms with Gasteiger partial charge in [0.2, 0.25) is 10.0 Å². The van der Waals surface area contributed by atoms with Gasteiger partial charge in [-0.1, -0.05) is 26.0 Å². The number of aryl methyl sites for hydroxylation is 2. The van der Waals surface area contributed by atoms with Gasteiger partial charge in [-0.3, -0.25) is 4.79 Å². The fraction of sp³-hybridized carbons (Fsp3) is 0.350. The number of sulfonamides is 1. The summed E-state index contributed by atoms with van der Waals surface area (Å²) in [7, 11) is -3.54. The number of amides is 1. The minimum atomic E-state index is -3.54. The van der Waals surface area contributed by atoms with Crippen molar-refractivity contribution in [1.29, 1.82) is 0 Å². The minimum absolute atomic E-state index is 0.162. The van der Waals surface area contributed by atoms with E-state index in [1.54, 1.807) is 0 Å². The second-order valence-electron chi connectivity index (χ2n) is 6.87. The Morgan fingerprint density at radius 2 is 1.74 bits per heavy atom. The molecule has 0 unspecified atom stereocenters. The first kappa shape index (κ1) is 20.9. The van der Waals surface area contributed by atoms with Crippen LogP contribution in [0.4, 0.5) is 5.69 Å². The van der Waals surface area contributed by atoms with Gasteiger partial charge in [-0.25, -0.2) is 13.1 Å². The van der Waals surface area contributed by atoms with Gasteiger partial charge >= 0.3 is 0 Å². The predicted octanol–water partition coefficient (Wildman–Crippen LogP) is 3.26. The summed E-state index contributed by atoms with van der Waals surface area (Å²) in [6.45, 7) is 7.95. The second kappa shape index (κ2) is 9.01. The van der Waals surface area contributed by atoms with E-state index in [4.69, 9.17) is 4.74 Å². The molecule has 0 heterocycles. The molecule has 2 rings (SSSR count). The highest BCUT2D eigenvalue weighted by Gasteiger charge is 2.14. The molecule has 0 aromatic heterocycles. The average molecular weight is 391 g/mol. The molecule has 0 spiro atoms. The van der Waals surface area contributed by atoms with Crippen LogP contribution in [0, 0.1) is 19.8 Å². The van der Waals surface area contributed by atoms with Crippen LogP contribution >= 0.6 is 0 Å². The summed E-state index contributed by atoms with van der Waals surface area (Å²) < 4.78 is 32.3. The summed E-state index contributed by atoms with van der Waals surface area (Å²) in [5, 5.41) is 2.81. The van der Waals surface area contributed by atoms with E-state index in [9.17, 15) is 13.2 Å². The fourth-order valence-corrected chi connectivity index (χ4v) is 3.49. The van der Waals surface area contributed by atoms with E-state index in [0.29, 0.717) is 12.3 Å². The third-order valence-corrected chi connectivity index (χ3v) is 5.29. The molecule has 2 aromatic carbocycles. The zero-order valence-corrected chi connectivity index (χ0v) is 16.9. The Hall–Kier alpha value is -2.38. The minimum Gasteiger partial charge on any atom is -0.484 e. The summed E-state index contributed by atoms with van der Waals surface area (Å²) in [5.74, 6) is 0.367. The molecule has 0 saturated heterocycles. The van der Waals surface area contributed by atoms with Crippen molar-refractivity contribution >= 4 is 21.6 Å². The Morgan fingerprint density at radius 1 is 1.07 bits per heavy atom. The van der Waals surface area contributed by atoms with Crippen molar-refractivity contribution in [1.82, 2.24) is 4.72 Å². The van der Waals surface area contributed by atoms with Crippen LogP contribution in [-0.4, -0.2) is 27.5 Å². The standard InChI is InChI=1S/C20H26N2O4S/c1-14(2)12-21-27(24,25)18-9-7-17(8-10-18)26-13-20(23)22-19-11-15(3)5-6-16(19)4/h5-11,14,21H,12-13H2,1-4H3,(H,22,23). The zero-order chi connectivity index (χ0) is 20.0. The van der Waals surface area contributed by atoms with Crippen LogP contribution < -0.4 is 14.8 Å².